The average molecular weight is 275 g/mol. The fraction of sp³-hybridized carbons (Fsp3) is 0. The molecule has 0 atom stereocenters. The first-order valence-corrected chi connectivity index (χ1v) is 5.38. The molecule has 0 spiro atoms. The smallest absolute Gasteiger partial charge is 0.339 e. The van der Waals surface area contributed by atoms with Gasteiger partial charge in [-0.15, -0.1) is 5.10 Å². The zero-order chi connectivity index (χ0) is 14.1. The molecule has 0 aliphatic carbocycles. The minimum atomic E-state index is -1.24. The van der Waals surface area contributed by atoms with Crippen molar-refractivity contribution in [2.75, 3.05) is 0 Å². The highest BCUT2D eigenvalue weighted by Crippen LogP contribution is 2.25. The molecule has 9 heteroatoms. The predicted octanol–water partition coefficient (Wildman–Crippen LogP) is 1.15. The molecule has 0 saturated heterocycles. The monoisotopic (exact) mass is 275 g/mol. The van der Waals surface area contributed by atoms with E-state index in [1.165, 1.54) is 16.9 Å². The number of hydrogen-bond donors (Lipinski definition) is 1. The van der Waals surface area contributed by atoms with Crippen molar-refractivity contribution in [1.82, 2.24) is 25.0 Å². The summed E-state index contributed by atoms with van der Waals surface area (Å²) < 4.78 is 19.8. The van der Waals surface area contributed by atoms with E-state index in [0.717, 1.165) is 18.2 Å². The molecule has 1 aromatic carbocycles. The maximum Gasteiger partial charge on any atom is 0.339 e. The lowest BCUT2D eigenvalue weighted by atomic mass is 10.2. The predicted molar refractivity (Wildman–Crippen MR) is 62.0 cm³/mol. The summed E-state index contributed by atoms with van der Waals surface area (Å²) in [4.78, 5) is 14.9. The van der Waals surface area contributed by atoms with Gasteiger partial charge in [0.15, 0.2) is 0 Å². The molecule has 3 aromatic rings. The fourth-order valence-corrected chi connectivity index (χ4v) is 1.59. The van der Waals surface area contributed by atoms with Crippen LogP contribution in [0.4, 0.5) is 4.39 Å². The molecular formula is C11H6FN5O3. The van der Waals surface area contributed by atoms with E-state index in [0.29, 0.717) is 5.65 Å². The van der Waals surface area contributed by atoms with Gasteiger partial charge in [0.05, 0.1) is 12.4 Å². The first kappa shape index (κ1) is 12.0. The van der Waals surface area contributed by atoms with Crippen molar-refractivity contribution in [1.29, 1.82) is 0 Å². The molecule has 3 rings (SSSR count). The number of rotatable bonds is 3. The molecule has 100 valence electrons. The summed E-state index contributed by atoms with van der Waals surface area (Å²) in [7, 11) is 0. The number of carboxylic acids is 1. The van der Waals surface area contributed by atoms with Crippen molar-refractivity contribution in [3.05, 3.63) is 42.0 Å². The Morgan fingerprint density at radius 1 is 1.35 bits per heavy atom. The van der Waals surface area contributed by atoms with Crippen LogP contribution in [0.25, 0.3) is 5.65 Å². The maximum atomic E-state index is 13.2. The zero-order valence-corrected chi connectivity index (χ0v) is 9.76. The topological polar surface area (TPSA) is 102 Å². The maximum absolute atomic E-state index is 13.2. The lowest BCUT2D eigenvalue weighted by molar-refractivity contribution is 0.0694. The Balaban J connectivity index is 2.09. The van der Waals surface area contributed by atoms with Gasteiger partial charge in [-0.25, -0.2) is 9.18 Å². The Labute approximate surface area is 110 Å². The number of halogens is 1. The van der Waals surface area contributed by atoms with Crippen LogP contribution in [0.2, 0.25) is 0 Å². The van der Waals surface area contributed by atoms with Crippen LogP contribution in [0.3, 0.4) is 0 Å². The van der Waals surface area contributed by atoms with Crippen molar-refractivity contribution >= 4 is 11.6 Å². The van der Waals surface area contributed by atoms with Crippen LogP contribution >= 0.6 is 0 Å². The number of ether oxygens (including phenoxy) is 1. The summed E-state index contributed by atoms with van der Waals surface area (Å²) in [6, 6.07) is 3.11. The van der Waals surface area contributed by atoms with Crippen LogP contribution in [0.1, 0.15) is 10.4 Å². The van der Waals surface area contributed by atoms with Gasteiger partial charge in [-0.3, -0.25) is 4.98 Å². The molecule has 8 nitrogen and oxygen atoms in total. The van der Waals surface area contributed by atoms with Crippen molar-refractivity contribution in [3.8, 4) is 11.6 Å². The van der Waals surface area contributed by atoms with E-state index in [9.17, 15) is 9.18 Å². The minimum Gasteiger partial charge on any atom is -0.478 e. The molecule has 0 aliphatic rings. The van der Waals surface area contributed by atoms with Gasteiger partial charge in [0.1, 0.15) is 17.1 Å². The lowest BCUT2D eigenvalue weighted by Gasteiger charge is -2.08. The van der Waals surface area contributed by atoms with Gasteiger partial charge in [0.25, 0.3) is 0 Å². The lowest BCUT2D eigenvalue weighted by Crippen LogP contribution is -2.03. The summed E-state index contributed by atoms with van der Waals surface area (Å²) in [5, 5.41) is 19.8. The Morgan fingerprint density at radius 3 is 3.00 bits per heavy atom. The Bertz CT molecular complexity index is 804. The molecule has 0 radical (unpaired) electrons. The highest BCUT2D eigenvalue weighted by Gasteiger charge is 2.15. The molecule has 2 aromatic heterocycles. The van der Waals surface area contributed by atoms with Crippen LogP contribution < -0.4 is 4.74 Å². The molecule has 0 unspecified atom stereocenters. The second-order valence-corrected chi connectivity index (χ2v) is 3.74. The van der Waals surface area contributed by atoms with Gasteiger partial charge in [0, 0.05) is 6.07 Å². The Morgan fingerprint density at radius 2 is 2.20 bits per heavy atom. The molecule has 1 N–H and O–H groups in total. The summed E-state index contributed by atoms with van der Waals surface area (Å²) in [5.74, 6) is -1.96. The van der Waals surface area contributed by atoms with Crippen LogP contribution in [-0.2, 0) is 0 Å². The van der Waals surface area contributed by atoms with E-state index in [1.54, 1.807) is 0 Å². The summed E-state index contributed by atoms with van der Waals surface area (Å²) in [6.07, 6.45) is 2.69. The fourth-order valence-electron chi connectivity index (χ4n) is 1.59. The number of carbonyl (C=O) groups is 1. The van der Waals surface area contributed by atoms with Crippen molar-refractivity contribution in [2.24, 2.45) is 0 Å². The zero-order valence-electron chi connectivity index (χ0n) is 9.76. The number of aromatic nitrogens is 5. The summed E-state index contributed by atoms with van der Waals surface area (Å²) in [6.45, 7) is 0. The van der Waals surface area contributed by atoms with E-state index in [-0.39, 0.29) is 17.2 Å². The molecular weight excluding hydrogens is 269 g/mol. The van der Waals surface area contributed by atoms with Crippen LogP contribution in [0.15, 0.2) is 30.6 Å². The Kier molecular flexibility index (Phi) is 2.71. The van der Waals surface area contributed by atoms with Gasteiger partial charge in [-0.05, 0) is 22.6 Å². The third-order valence-electron chi connectivity index (χ3n) is 2.47. The van der Waals surface area contributed by atoms with Crippen molar-refractivity contribution in [2.45, 2.75) is 0 Å². The van der Waals surface area contributed by atoms with Crippen molar-refractivity contribution < 1.29 is 19.0 Å². The first-order chi connectivity index (χ1) is 9.65. The molecule has 20 heavy (non-hydrogen) atoms. The standard InChI is InChI=1S/C11H6FN5O3/c12-6-1-2-7(11(18)19)8(3-6)20-10-5-13-4-9-14-15-16-17(9)10/h1-5H,(H,18,19). The minimum absolute atomic E-state index is 0.0700. The quantitative estimate of drug-likeness (QED) is 0.764. The van der Waals surface area contributed by atoms with Gasteiger partial charge in [0.2, 0.25) is 11.5 Å². The number of hydrogen-bond acceptors (Lipinski definition) is 6. The normalized spacial score (nSPS) is 10.7. The number of aromatic carboxylic acids is 1. The summed E-state index contributed by atoms with van der Waals surface area (Å²) >= 11 is 0. The molecule has 0 fully saturated rings. The SMILES string of the molecule is O=C(O)c1ccc(F)cc1Oc1cncc2nnnn12. The number of fused-ring (bicyclic) bond motifs is 1. The molecule has 0 amide bonds. The number of carboxylic acid groups (broad SMARTS) is 1. The van der Waals surface area contributed by atoms with Crippen molar-refractivity contribution in [3.63, 3.8) is 0 Å². The van der Waals surface area contributed by atoms with Gasteiger partial charge < -0.3 is 9.84 Å². The molecule has 0 saturated carbocycles. The van der Waals surface area contributed by atoms with E-state index >= 15 is 0 Å². The summed E-state index contributed by atoms with van der Waals surface area (Å²) in [5.41, 5.74) is 0.132. The highest BCUT2D eigenvalue weighted by atomic mass is 19.1. The third-order valence-corrected chi connectivity index (χ3v) is 2.47. The van der Waals surface area contributed by atoms with Crippen LogP contribution in [0.5, 0.6) is 11.6 Å². The van der Waals surface area contributed by atoms with E-state index in [4.69, 9.17) is 9.84 Å². The molecule has 0 bridgehead atoms. The van der Waals surface area contributed by atoms with Gasteiger partial charge >= 0.3 is 5.97 Å². The molecule has 0 aliphatic heterocycles. The second-order valence-electron chi connectivity index (χ2n) is 3.74. The van der Waals surface area contributed by atoms with Crippen LogP contribution in [0, 0.1) is 5.82 Å². The average Bonchev–Trinajstić information content (AvgIpc) is 2.88. The van der Waals surface area contributed by atoms with E-state index in [1.807, 2.05) is 0 Å². The second kappa shape index (κ2) is 4.53. The van der Waals surface area contributed by atoms with Gasteiger partial charge in [-0.2, -0.15) is 4.52 Å². The first-order valence-electron chi connectivity index (χ1n) is 5.38. The third kappa shape index (κ3) is 2.00. The van der Waals surface area contributed by atoms with Crippen LogP contribution in [-0.4, -0.2) is 36.1 Å². The highest BCUT2D eigenvalue weighted by molar-refractivity contribution is 5.90. The number of tetrazole rings is 1. The molecule has 2 heterocycles. The Hall–Kier alpha value is -3.10. The largest absolute Gasteiger partial charge is 0.478 e. The number of benzene rings is 1. The van der Waals surface area contributed by atoms with E-state index < -0.39 is 11.8 Å². The van der Waals surface area contributed by atoms with E-state index in [2.05, 4.69) is 20.5 Å². The van der Waals surface area contributed by atoms with Gasteiger partial charge in [-0.1, -0.05) is 0 Å². The number of nitrogens with zero attached hydrogens (tertiary/aromatic N) is 5.